The van der Waals surface area contributed by atoms with Gasteiger partial charge in [-0.2, -0.15) is 4.58 Å². The van der Waals surface area contributed by atoms with Gasteiger partial charge in [-0.05, 0) is 6.42 Å². The van der Waals surface area contributed by atoms with Crippen molar-refractivity contribution in [3.05, 3.63) is 0 Å². The van der Waals surface area contributed by atoms with Crippen LogP contribution in [0.25, 0.3) is 0 Å². The Morgan fingerprint density at radius 1 is 1.30 bits per heavy atom. The minimum absolute atomic E-state index is 0.257. The minimum Gasteiger partial charge on any atom is -0.366 e. The Balaban J connectivity index is 3.04. The van der Waals surface area contributed by atoms with Crippen LogP contribution < -0.4 is 0 Å². The first-order valence-electron chi connectivity index (χ1n) is 3.04. The van der Waals surface area contributed by atoms with Gasteiger partial charge in [-0.1, -0.05) is 13.3 Å². The maximum Gasteiger partial charge on any atom is 0.699 e. The molecule has 3 N–H and O–H groups in total. The lowest BCUT2D eigenvalue weighted by Crippen LogP contribution is -2.38. The second kappa shape index (κ2) is 4.77. The van der Waals surface area contributed by atoms with E-state index >= 15 is 0 Å². The molecule has 62 valence electrons. The third-order valence-electron chi connectivity index (χ3n) is 0.752. The van der Waals surface area contributed by atoms with Crippen molar-refractivity contribution >= 4 is 9.05 Å². The fraction of sp³-hybridized carbons (Fsp3) is 1.00. The molecule has 0 aromatic heterocycles. The van der Waals surface area contributed by atoms with Crippen molar-refractivity contribution in [3.8, 4) is 0 Å². The van der Waals surface area contributed by atoms with Gasteiger partial charge >= 0.3 is 9.05 Å². The molecule has 0 atom stereocenters. The van der Waals surface area contributed by atoms with E-state index in [4.69, 9.17) is 14.4 Å². The Morgan fingerprint density at radius 2 is 1.90 bits per heavy atom. The van der Waals surface area contributed by atoms with Crippen molar-refractivity contribution in [1.29, 1.82) is 0 Å². The van der Waals surface area contributed by atoms with Gasteiger partial charge < -0.3 is 14.4 Å². The van der Waals surface area contributed by atoms with Gasteiger partial charge in [0.05, 0.1) is 6.61 Å². The van der Waals surface area contributed by atoms with Gasteiger partial charge in [0.15, 0.2) is 0 Å². The molecular formula is C4H12O5Si. The summed E-state index contributed by atoms with van der Waals surface area (Å²) in [7, 11) is -4.43. The van der Waals surface area contributed by atoms with Crippen LogP contribution >= 0.6 is 0 Å². The average Bonchev–Trinajstić information content (AvgIpc) is 1.78. The fourth-order valence-electron chi connectivity index (χ4n) is 0.324. The van der Waals surface area contributed by atoms with Crippen LogP contribution in [0, 0.1) is 0 Å². The highest BCUT2D eigenvalue weighted by Crippen LogP contribution is 1.93. The SMILES string of the molecule is CCCCOO[Si](O)(O)O. The Hall–Kier alpha value is 0.0169. The van der Waals surface area contributed by atoms with E-state index < -0.39 is 9.05 Å². The van der Waals surface area contributed by atoms with E-state index in [2.05, 4.69) is 9.46 Å². The third-order valence-corrected chi connectivity index (χ3v) is 1.09. The monoisotopic (exact) mass is 168 g/mol. The van der Waals surface area contributed by atoms with Gasteiger partial charge in [0.25, 0.3) is 0 Å². The summed E-state index contributed by atoms with van der Waals surface area (Å²) in [6.45, 7) is 2.21. The van der Waals surface area contributed by atoms with Gasteiger partial charge in [-0.15, -0.1) is 0 Å². The van der Waals surface area contributed by atoms with E-state index in [9.17, 15) is 0 Å². The molecule has 0 aromatic rings. The minimum atomic E-state index is -4.43. The lowest BCUT2D eigenvalue weighted by molar-refractivity contribution is -0.262. The normalized spacial score (nSPS) is 12.0. The fourth-order valence-corrected chi connectivity index (χ4v) is 0.565. The molecule has 0 aliphatic heterocycles. The molecule has 5 nitrogen and oxygen atoms in total. The quantitative estimate of drug-likeness (QED) is 0.216. The van der Waals surface area contributed by atoms with Crippen molar-refractivity contribution < 1.29 is 23.9 Å². The number of rotatable bonds is 5. The standard InChI is InChI=1S/C4H12O5Si/c1-2-3-4-8-9-10(5,6)7/h5-7H,2-4H2,1H3. The first-order chi connectivity index (χ1) is 4.56. The molecule has 0 aliphatic rings. The van der Waals surface area contributed by atoms with E-state index in [0.29, 0.717) is 0 Å². The van der Waals surface area contributed by atoms with Gasteiger partial charge in [-0.3, -0.25) is 0 Å². The molecule has 0 bridgehead atoms. The van der Waals surface area contributed by atoms with Crippen molar-refractivity contribution in [2.75, 3.05) is 6.61 Å². The maximum absolute atomic E-state index is 8.22. The summed E-state index contributed by atoms with van der Waals surface area (Å²) in [5, 5.41) is 0. The summed E-state index contributed by atoms with van der Waals surface area (Å²) in [4.78, 5) is 28.9. The maximum atomic E-state index is 8.22. The van der Waals surface area contributed by atoms with Gasteiger partial charge in [0.1, 0.15) is 0 Å². The van der Waals surface area contributed by atoms with Crippen LogP contribution in [0.3, 0.4) is 0 Å². The van der Waals surface area contributed by atoms with E-state index in [-0.39, 0.29) is 6.61 Å². The van der Waals surface area contributed by atoms with Gasteiger partial charge in [-0.25, -0.2) is 4.89 Å². The lowest BCUT2D eigenvalue weighted by Gasteiger charge is -2.07. The Bertz CT molecular complexity index is 80.2. The summed E-state index contributed by atoms with van der Waals surface area (Å²) in [5.74, 6) is 0. The molecule has 0 aromatic carbocycles. The van der Waals surface area contributed by atoms with Crippen LogP contribution in [0.5, 0.6) is 0 Å². The van der Waals surface area contributed by atoms with Crippen LogP contribution in [0.1, 0.15) is 19.8 Å². The predicted molar refractivity (Wildman–Crippen MR) is 34.4 cm³/mol. The summed E-state index contributed by atoms with van der Waals surface area (Å²) in [6.07, 6.45) is 1.67. The van der Waals surface area contributed by atoms with Crippen molar-refractivity contribution in [2.24, 2.45) is 0 Å². The zero-order valence-electron chi connectivity index (χ0n) is 5.78. The Kier molecular flexibility index (Phi) is 4.78. The van der Waals surface area contributed by atoms with Crippen LogP contribution in [0.4, 0.5) is 0 Å². The summed E-state index contributed by atoms with van der Waals surface area (Å²) >= 11 is 0. The lowest BCUT2D eigenvalue weighted by atomic mass is 10.4. The zero-order valence-corrected chi connectivity index (χ0v) is 6.78. The first kappa shape index (κ1) is 10.0. The second-order valence-corrected chi connectivity index (χ2v) is 3.15. The molecule has 0 radical (unpaired) electrons. The Labute approximate surface area is 60.2 Å². The zero-order chi connectivity index (χ0) is 8.04. The van der Waals surface area contributed by atoms with Crippen LogP contribution in [-0.2, 0) is 9.46 Å². The molecule has 0 aliphatic carbocycles. The second-order valence-electron chi connectivity index (χ2n) is 1.83. The van der Waals surface area contributed by atoms with Crippen molar-refractivity contribution in [1.82, 2.24) is 0 Å². The van der Waals surface area contributed by atoms with Crippen molar-refractivity contribution in [2.45, 2.75) is 19.8 Å². The third kappa shape index (κ3) is 8.02. The summed E-state index contributed by atoms with van der Waals surface area (Å²) in [6, 6.07) is 0. The van der Waals surface area contributed by atoms with E-state index in [1.807, 2.05) is 6.92 Å². The van der Waals surface area contributed by atoms with Crippen molar-refractivity contribution in [3.63, 3.8) is 0 Å². The summed E-state index contributed by atoms with van der Waals surface area (Å²) < 4.78 is 3.84. The number of unbranched alkanes of at least 4 members (excludes halogenated alkanes) is 1. The first-order valence-corrected chi connectivity index (χ1v) is 4.79. The molecule has 0 fully saturated rings. The highest BCUT2D eigenvalue weighted by molar-refractivity contribution is 6.48. The number of hydrogen-bond donors (Lipinski definition) is 3. The van der Waals surface area contributed by atoms with E-state index in [0.717, 1.165) is 12.8 Å². The molecule has 6 heteroatoms. The molecular weight excluding hydrogens is 156 g/mol. The molecule has 0 rings (SSSR count). The van der Waals surface area contributed by atoms with Gasteiger partial charge in [0, 0.05) is 0 Å². The van der Waals surface area contributed by atoms with Crippen LogP contribution in [0.15, 0.2) is 0 Å². The van der Waals surface area contributed by atoms with Crippen LogP contribution in [0.2, 0.25) is 0 Å². The molecule has 0 amide bonds. The molecule has 10 heavy (non-hydrogen) atoms. The number of hydrogen-bond acceptors (Lipinski definition) is 5. The predicted octanol–water partition coefficient (Wildman–Crippen LogP) is -0.853. The highest BCUT2D eigenvalue weighted by Gasteiger charge is 2.32. The van der Waals surface area contributed by atoms with Gasteiger partial charge in [0.2, 0.25) is 0 Å². The largest absolute Gasteiger partial charge is 0.699 e. The molecule has 0 saturated carbocycles. The van der Waals surface area contributed by atoms with E-state index in [1.165, 1.54) is 0 Å². The summed E-state index contributed by atoms with van der Waals surface area (Å²) in [5.41, 5.74) is 0. The molecule has 0 saturated heterocycles. The molecule has 0 spiro atoms. The Morgan fingerprint density at radius 3 is 2.30 bits per heavy atom. The van der Waals surface area contributed by atoms with Crippen LogP contribution in [-0.4, -0.2) is 30.0 Å². The highest BCUT2D eigenvalue weighted by atomic mass is 28.4. The van der Waals surface area contributed by atoms with E-state index in [1.54, 1.807) is 0 Å². The average molecular weight is 168 g/mol. The molecule has 0 unspecified atom stereocenters. The molecule has 0 heterocycles. The smallest absolute Gasteiger partial charge is 0.366 e. The topological polar surface area (TPSA) is 79.2 Å².